The maximum Gasteiger partial charge on any atom is 0.263 e. The second-order valence-corrected chi connectivity index (χ2v) is 37.7. The van der Waals surface area contributed by atoms with Gasteiger partial charge in [-0.1, -0.05) is 351 Å². The van der Waals surface area contributed by atoms with Crippen molar-refractivity contribution in [3.8, 4) is 89.3 Å². The van der Waals surface area contributed by atoms with Crippen molar-refractivity contribution in [3.63, 3.8) is 0 Å². The molecule has 0 bridgehead atoms. The molecular formula is C121H67N3O4S2. The summed E-state index contributed by atoms with van der Waals surface area (Å²) in [6.45, 7) is 0. The van der Waals surface area contributed by atoms with Gasteiger partial charge in [-0.25, -0.2) is 0 Å². The first kappa shape index (κ1) is 72.2. The molecule has 19 aromatic carbocycles. The Bertz CT molecular complexity index is 9330. The molecule has 6 heterocycles. The highest BCUT2D eigenvalue weighted by Crippen LogP contribution is 2.68. The average Bonchev–Trinajstić information content (AvgIpc) is 1.43. The summed E-state index contributed by atoms with van der Waals surface area (Å²) < 4.78 is 5.76. The van der Waals surface area contributed by atoms with Crippen LogP contribution in [0, 0.1) is 0 Å². The lowest BCUT2D eigenvalue weighted by Crippen LogP contribution is -2.26. The van der Waals surface area contributed by atoms with Crippen LogP contribution in [0.25, 0.3) is 171 Å². The quantitative estimate of drug-likeness (QED) is 0.120. The second kappa shape index (κ2) is 26.1. The molecule has 0 atom stereocenters. The molecular weight excluding hydrogens is 1620 g/mol. The molecule has 4 aromatic heterocycles. The van der Waals surface area contributed by atoms with E-state index in [-0.39, 0.29) is 22.1 Å². The maximum absolute atomic E-state index is 14.6. The number of pyridine rings is 4. The van der Waals surface area contributed by atoms with Gasteiger partial charge in [0, 0.05) is 62.7 Å². The summed E-state index contributed by atoms with van der Waals surface area (Å²) in [5.74, 6) is 0. The summed E-state index contributed by atoms with van der Waals surface area (Å²) in [7, 11) is 0. The Labute approximate surface area is 752 Å². The topological polar surface area (TPSA) is 82.6 Å². The number of rotatable bonds is 1. The fourth-order valence-corrected chi connectivity index (χ4v) is 27.1. The molecule has 130 heavy (non-hydrogen) atoms. The largest absolute Gasteiger partial charge is 0.288 e. The summed E-state index contributed by atoms with van der Waals surface area (Å²) >= 11 is 3.57. The molecule has 0 radical (unpaired) electrons. The van der Waals surface area contributed by atoms with E-state index in [0.29, 0.717) is 27.2 Å². The molecule has 3 spiro atoms. The third kappa shape index (κ3) is 8.97. The van der Waals surface area contributed by atoms with Crippen LogP contribution >= 0.6 is 23.5 Å². The fourth-order valence-electron chi connectivity index (χ4n) is 24.8. The van der Waals surface area contributed by atoms with Crippen LogP contribution in [0.5, 0.6) is 0 Å². The van der Waals surface area contributed by atoms with Crippen LogP contribution in [0.3, 0.4) is 0 Å². The SMILES string of the molecule is O=c1c2cc3c(cc2n2c(=O)c4ccccc4c4cccc1c42)-c1ccccc1C31c2ccccc2-c2ccccc21.O=c1c2ccccc2c2cc(-c3ccccc3)cc3c2n1-c1cc2c(cc1S3)C1(c3ccccc3-c3ccccc31)c1ccccc1-2.O=c1c2ccccc2c2cccc3c2n1-c1cc2c(cc1S3)C1(c3ccccc3-c3ccccc31)c1ccccc1-2. The van der Waals surface area contributed by atoms with Crippen LogP contribution in [-0.2, 0) is 16.2 Å². The van der Waals surface area contributed by atoms with Crippen molar-refractivity contribution in [2.75, 3.05) is 0 Å². The Hall–Kier alpha value is -16.0. The first-order chi connectivity index (χ1) is 64.2. The molecule has 0 N–H and O–H groups in total. The highest BCUT2D eigenvalue weighted by Gasteiger charge is 2.56. The predicted octanol–water partition coefficient (Wildman–Crippen LogP) is 27.5. The molecule has 31 rings (SSSR count). The van der Waals surface area contributed by atoms with E-state index in [2.05, 4.69) is 328 Å². The number of fused-ring (bicyclic) bond motifs is 42. The van der Waals surface area contributed by atoms with Crippen LogP contribution in [-0.4, -0.2) is 13.5 Å². The van der Waals surface area contributed by atoms with Gasteiger partial charge in [0.1, 0.15) is 0 Å². The zero-order chi connectivity index (χ0) is 85.5. The third-order valence-electron chi connectivity index (χ3n) is 29.8. The maximum atomic E-state index is 14.6. The minimum atomic E-state index is -0.547. The van der Waals surface area contributed by atoms with Gasteiger partial charge in [-0.2, -0.15) is 0 Å². The van der Waals surface area contributed by atoms with Gasteiger partial charge in [0.05, 0.1) is 49.7 Å². The number of benzene rings is 19. The van der Waals surface area contributed by atoms with Gasteiger partial charge in [-0.15, -0.1) is 0 Å². The molecule has 0 saturated heterocycles. The normalized spacial score (nSPS) is 14.2. The summed E-state index contributed by atoms with van der Waals surface area (Å²) in [6, 6.07) is 144. The summed E-state index contributed by atoms with van der Waals surface area (Å²) in [6.07, 6.45) is 0. The van der Waals surface area contributed by atoms with Gasteiger partial charge < -0.3 is 0 Å². The van der Waals surface area contributed by atoms with Crippen LogP contribution in [0.1, 0.15) is 66.8 Å². The number of hydrogen-bond donors (Lipinski definition) is 0. The molecule has 602 valence electrons. The van der Waals surface area contributed by atoms with Gasteiger partial charge in [0.25, 0.3) is 16.7 Å². The van der Waals surface area contributed by atoms with E-state index in [0.717, 1.165) is 107 Å². The molecule has 0 amide bonds. The number of hydrogen-bond acceptors (Lipinski definition) is 6. The Morgan fingerprint density at radius 1 is 0.185 bits per heavy atom. The molecule has 8 aliphatic rings. The molecule has 2 aliphatic heterocycles. The number of nitrogens with zero attached hydrogens (tertiary/aromatic N) is 3. The highest BCUT2D eigenvalue weighted by molar-refractivity contribution is 8.00. The van der Waals surface area contributed by atoms with Crippen molar-refractivity contribution in [2.24, 2.45) is 0 Å². The van der Waals surface area contributed by atoms with E-state index < -0.39 is 16.2 Å². The summed E-state index contributed by atoms with van der Waals surface area (Å²) in [4.78, 5) is 61.8. The van der Waals surface area contributed by atoms with Crippen LogP contribution in [0.4, 0.5) is 0 Å². The van der Waals surface area contributed by atoms with Crippen molar-refractivity contribution in [2.45, 2.75) is 35.8 Å². The van der Waals surface area contributed by atoms with Gasteiger partial charge in [0.2, 0.25) is 0 Å². The highest BCUT2D eigenvalue weighted by atomic mass is 32.2. The molecule has 0 fully saturated rings. The summed E-state index contributed by atoms with van der Waals surface area (Å²) in [5.41, 5.74) is 36.1. The van der Waals surface area contributed by atoms with E-state index in [1.165, 1.54) is 122 Å². The van der Waals surface area contributed by atoms with E-state index >= 15 is 0 Å². The number of para-hydroxylation sites is 2. The minimum Gasteiger partial charge on any atom is -0.288 e. The Morgan fingerprint density at radius 2 is 0.492 bits per heavy atom. The van der Waals surface area contributed by atoms with Crippen LogP contribution < -0.4 is 22.1 Å². The average molecular weight is 1690 g/mol. The molecule has 7 nitrogen and oxygen atoms in total. The van der Waals surface area contributed by atoms with Gasteiger partial charge in [-0.05, 0) is 240 Å². The van der Waals surface area contributed by atoms with Crippen molar-refractivity contribution in [3.05, 3.63) is 514 Å². The zero-order valence-electron chi connectivity index (χ0n) is 69.5. The monoisotopic (exact) mass is 1690 g/mol. The minimum absolute atomic E-state index is 0.0286. The van der Waals surface area contributed by atoms with Crippen LogP contribution in [0.15, 0.2) is 445 Å². The lowest BCUT2D eigenvalue weighted by molar-refractivity contribution is 0.789. The van der Waals surface area contributed by atoms with Gasteiger partial charge >= 0.3 is 0 Å². The molecule has 0 saturated carbocycles. The Balaban J connectivity index is 0.0000000963. The zero-order valence-corrected chi connectivity index (χ0v) is 71.1. The van der Waals surface area contributed by atoms with Crippen molar-refractivity contribution in [1.82, 2.24) is 13.5 Å². The van der Waals surface area contributed by atoms with Gasteiger partial charge in [-0.3, -0.25) is 32.7 Å². The molecule has 9 heteroatoms. The molecule has 23 aromatic rings. The van der Waals surface area contributed by atoms with Crippen molar-refractivity contribution < 1.29 is 0 Å². The van der Waals surface area contributed by atoms with Gasteiger partial charge in [0.15, 0.2) is 5.43 Å². The van der Waals surface area contributed by atoms with Crippen molar-refractivity contribution >= 4 is 105 Å². The van der Waals surface area contributed by atoms with Crippen molar-refractivity contribution in [1.29, 1.82) is 0 Å². The third-order valence-corrected chi connectivity index (χ3v) is 31.9. The lowest BCUT2D eigenvalue weighted by Gasteiger charge is -2.31. The van der Waals surface area contributed by atoms with E-state index in [9.17, 15) is 19.2 Å². The fraction of sp³-hybridized carbons (Fsp3) is 0.0248. The van der Waals surface area contributed by atoms with E-state index in [1.54, 1.807) is 27.9 Å². The van der Waals surface area contributed by atoms with E-state index in [4.69, 9.17) is 0 Å². The predicted molar refractivity (Wildman–Crippen MR) is 530 cm³/mol. The smallest absolute Gasteiger partial charge is 0.263 e. The Kier molecular flexibility index (Phi) is 14.5. The number of aromatic nitrogens is 3. The summed E-state index contributed by atoms with van der Waals surface area (Å²) in [5, 5.41) is 9.30. The van der Waals surface area contributed by atoms with E-state index in [1.807, 2.05) is 88.0 Å². The lowest BCUT2D eigenvalue weighted by atomic mass is 9.70. The standard InChI is InChI=1S/C44H25NOS.C39H21NO2.C38H21NOS/c46-43-32-18-5-4-14-28(32)34-22-27(26-12-2-1-3-13-26)23-41-42(34)45(43)39-24-33-31-17-8-11-21-37(31)44(38(33)25-40(39)47-41)35-19-9-6-15-29(35)30-16-7-10-20-36(30)44;41-37-28-16-9-15-26-22-10-1-2-14-27(22)38(42)40(36(26)28)35-21-29-25-13-5-8-19-33(25)39(34(29)20-30(35)37)31-17-6-3-11-23(31)24-12-4-7-18-32(24)39;40-37-27-14-2-1-10-22(27)26-15-9-19-34-36(26)39(37)33-20-28-25-13-5-8-18-31(25)38(32(28)21-35(33)41-34)29-16-6-3-11-23(29)24-12-4-7-17-30(24)38/h1-25H;1-21H;1-21H. The second-order valence-electron chi connectivity index (χ2n) is 35.5. The molecule has 6 aliphatic carbocycles. The Morgan fingerprint density at radius 3 is 0.915 bits per heavy atom. The first-order valence-corrected chi connectivity index (χ1v) is 46.0. The molecule has 0 unspecified atom stereocenters. The first-order valence-electron chi connectivity index (χ1n) is 44.3. The van der Waals surface area contributed by atoms with Crippen LogP contribution in [0.2, 0.25) is 0 Å².